The second kappa shape index (κ2) is 4.69. The summed E-state index contributed by atoms with van der Waals surface area (Å²) in [5.41, 5.74) is 4.70. The van der Waals surface area contributed by atoms with Crippen LogP contribution in [0.2, 0.25) is 0 Å². The van der Waals surface area contributed by atoms with E-state index in [0.29, 0.717) is 0 Å². The number of rotatable bonds is 4. The smallest absolute Gasteiger partial charge is 0.0867 e. The van der Waals surface area contributed by atoms with E-state index in [0.717, 1.165) is 22.7 Å². The maximum atomic E-state index is 5.58. The van der Waals surface area contributed by atoms with Gasteiger partial charge < -0.3 is 0 Å². The SMILES string of the molecule is CCn1cc(C(NN)c2snnc2C)cn1. The maximum absolute atomic E-state index is 5.58. The highest BCUT2D eigenvalue weighted by Crippen LogP contribution is 2.25. The van der Waals surface area contributed by atoms with Crippen LogP contribution in [0.3, 0.4) is 0 Å². The average molecular weight is 238 g/mol. The normalized spacial score (nSPS) is 12.9. The Morgan fingerprint density at radius 1 is 1.62 bits per heavy atom. The molecule has 86 valence electrons. The Labute approximate surface area is 97.6 Å². The van der Waals surface area contributed by atoms with Gasteiger partial charge in [-0.2, -0.15) is 5.10 Å². The molecule has 1 atom stereocenters. The molecule has 1 unspecified atom stereocenters. The molecule has 0 aliphatic carbocycles. The topological polar surface area (TPSA) is 81.7 Å². The van der Waals surface area contributed by atoms with Crippen LogP contribution in [0, 0.1) is 6.92 Å². The van der Waals surface area contributed by atoms with Crippen molar-refractivity contribution in [1.82, 2.24) is 24.8 Å². The summed E-state index contributed by atoms with van der Waals surface area (Å²) in [7, 11) is 0. The van der Waals surface area contributed by atoms with Crippen LogP contribution in [-0.4, -0.2) is 19.4 Å². The lowest BCUT2D eigenvalue weighted by molar-refractivity contribution is 0.634. The van der Waals surface area contributed by atoms with E-state index in [-0.39, 0.29) is 6.04 Å². The molecular weight excluding hydrogens is 224 g/mol. The Balaban J connectivity index is 2.32. The van der Waals surface area contributed by atoms with Gasteiger partial charge in [0.1, 0.15) is 0 Å². The van der Waals surface area contributed by atoms with Crippen LogP contribution < -0.4 is 11.3 Å². The summed E-state index contributed by atoms with van der Waals surface area (Å²) < 4.78 is 5.78. The van der Waals surface area contributed by atoms with Crippen LogP contribution in [0.5, 0.6) is 0 Å². The van der Waals surface area contributed by atoms with Crippen molar-refractivity contribution in [1.29, 1.82) is 0 Å². The molecule has 7 heteroatoms. The fourth-order valence-corrected chi connectivity index (χ4v) is 2.26. The Morgan fingerprint density at radius 2 is 2.44 bits per heavy atom. The van der Waals surface area contributed by atoms with Crippen LogP contribution in [0.25, 0.3) is 0 Å². The Bertz CT molecular complexity index is 462. The highest BCUT2D eigenvalue weighted by atomic mass is 32.1. The lowest BCUT2D eigenvalue weighted by Gasteiger charge is -2.11. The van der Waals surface area contributed by atoms with E-state index < -0.39 is 0 Å². The lowest BCUT2D eigenvalue weighted by Crippen LogP contribution is -2.28. The Hall–Kier alpha value is -1.31. The molecule has 0 radical (unpaired) electrons. The first-order valence-electron chi connectivity index (χ1n) is 5.03. The van der Waals surface area contributed by atoms with Gasteiger partial charge in [0.25, 0.3) is 0 Å². The third kappa shape index (κ3) is 1.97. The van der Waals surface area contributed by atoms with E-state index in [1.165, 1.54) is 11.5 Å². The quantitative estimate of drug-likeness (QED) is 0.602. The zero-order chi connectivity index (χ0) is 11.5. The highest BCUT2D eigenvalue weighted by molar-refractivity contribution is 7.05. The van der Waals surface area contributed by atoms with Crippen molar-refractivity contribution < 1.29 is 0 Å². The van der Waals surface area contributed by atoms with Crippen LogP contribution >= 0.6 is 11.5 Å². The van der Waals surface area contributed by atoms with Gasteiger partial charge in [0.2, 0.25) is 0 Å². The van der Waals surface area contributed by atoms with E-state index in [2.05, 4.69) is 20.1 Å². The van der Waals surface area contributed by atoms with Crippen molar-refractivity contribution >= 4 is 11.5 Å². The molecule has 2 heterocycles. The van der Waals surface area contributed by atoms with Crippen molar-refractivity contribution in [2.75, 3.05) is 0 Å². The number of nitrogens with one attached hydrogen (secondary N) is 1. The zero-order valence-electron chi connectivity index (χ0n) is 9.21. The Morgan fingerprint density at radius 3 is 2.94 bits per heavy atom. The summed E-state index contributed by atoms with van der Waals surface area (Å²) >= 11 is 1.35. The highest BCUT2D eigenvalue weighted by Gasteiger charge is 2.19. The molecule has 0 spiro atoms. The molecule has 3 N–H and O–H groups in total. The second-order valence-corrected chi connectivity index (χ2v) is 4.24. The summed E-state index contributed by atoms with van der Waals surface area (Å²) in [5, 5.41) is 8.21. The van der Waals surface area contributed by atoms with E-state index >= 15 is 0 Å². The first-order valence-corrected chi connectivity index (χ1v) is 5.81. The first kappa shape index (κ1) is 11.2. The molecular formula is C9H14N6S. The molecule has 0 saturated heterocycles. The van der Waals surface area contributed by atoms with Gasteiger partial charge in [0, 0.05) is 18.3 Å². The van der Waals surface area contributed by atoms with Crippen LogP contribution in [-0.2, 0) is 6.54 Å². The number of hydrogen-bond acceptors (Lipinski definition) is 6. The molecule has 0 bridgehead atoms. The Kier molecular flexibility index (Phi) is 3.28. The molecule has 2 rings (SSSR count). The average Bonchev–Trinajstić information content (AvgIpc) is 2.90. The van der Waals surface area contributed by atoms with Gasteiger partial charge in [-0.25, -0.2) is 5.43 Å². The zero-order valence-corrected chi connectivity index (χ0v) is 10.0. The summed E-state index contributed by atoms with van der Waals surface area (Å²) in [6, 6.07) is -0.0831. The fourth-order valence-electron chi connectivity index (χ4n) is 1.53. The predicted octanol–water partition coefficient (Wildman–Crippen LogP) is 0.616. The van der Waals surface area contributed by atoms with Crippen molar-refractivity contribution in [2.24, 2.45) is 5.84 Å². The summed E-state index contributed by atoms with van der Waals surface area (Å²) in [5.74, 6) is 5.58. The van der Waals surface area contributed by atoms with Gasteiger partial charge in [-0.3, -0.25) is 10.5 Å². The molecule has 0 aliphatic rings. The third-order valence-electron chi connectivity index (χ3n) is 2.43. The fraction of sp³-hybridized carbons (Fsp3) is 0.444. The molecule has 0 amide bonds. The van der Waals surface area contributed by atoms with Gasteiger partial charge >= 0.3 is 0 Å². The van der Waals surface area contributed by atoms with Gasteiger partial charge in [-0.15, -0.1) is 5.10 Å². The van der Waals surface area contributed by atoms with E-state index in [1.807, 2.05) is 30.9 Å². The summed E-state index contributed by atoms with van der Waals surface area (Å²) in [6.07, 6.45) is 3.79. The second-order valence-electron chi connectivity index (χ2n) is 3.45. The van der Waals surface area contributed by atoms with Crippen LogP contribution in [0.4, 0.5) is 0 Å². The largest absolute Gasteiger partial charge is 0.273 e. The van der Waals surface area contributed by atoms with Gasteiger partial charge in [-0.05, 0) is 25.4 Å². The van der Waals surface area contributed by atoms with E-state index in [1.54, 1.807) is 0 Å². The van der Waals surface area contributed by atoms with E-state index in [9.17, 15) is 0 Å². The molecule has 2 aromatic rings. The van der Waals surface area contributed by atoms with Gasteiger partial charge in [0.05, 0.1) is 22.8 Å². The van der Waals surface area contributed by atoms with Crippen molar-refractivity contribution in [3.8, 4) is 0 Å². The van der Waals surface area contributed by atoms with Crippen molar-refractivity contribution in [3.63, 3.8) is 0 Å². The molecule has 0 fully saturated rings. The number of hydrogen-bond donors (Lipinski definition) is 2. The molecule has 2 aromatic heterocycles. The predicted molar refractivity (Wildman–Crippen MR) is 61.7 cm³/mol. The summed E-state index contributed by atoms with van der Waals surface area (Å²) in [6.45, 7) is 4.81. The molecule has 0 aliphatic heterocycles. The molecule has 16 heavy (non-hydrogen) atoms. The van der Waals surface area contributed by atoms with Gasteiger partial charge in [-0.1, -0.05) is 4.49 Å². The minimum Gasteiger partial charge on any atom is -0.273 e. The van der Waals surface area contributed by atoms with Gasteiger partial charge in [0.15, 0.2) is 0 Å². The van der Waals surface area contributed by atoms with Crippen molar-refractivity contribution in [3.05, 3.63) is 28.5 Å². The van der Waals surface area contributed by atoms with Crippen LogP contribution in [0.1, 0.15) is 29.1 Å². The molecule has 0 aromatic carbocycles. The monoisotopic (exact) mass is 238 g/mol. The molecule has 0 saturated carbocycles. The number of nitrogens with zero attached hydrogens (tertiary/aromatic N) is 4. The van der Waals surface area contributed by atoms with Crippen molar-refractivity contribution in [2.45, 2.75) is 26.4 Å². The first-order chi connectivity index (χ1) is 7.76. The number of aryl methyl sites for hydroxylation is 2. The van der Waals surface area contributed by atoms with E-state index in [4.69, 9.17) is 5.84 Å². The number of nitrogens with two attached hydrogens (primary N) is 1. The third-order valence-corrected chi connectivity index (χ3v) is 3.32. The number of aromatic nitrogens is 4. The summed E-state index contributed by atoms with van der Waals surface area (Å²) in [4.78, 5) is 1.03. The minimum absolute atomic E-state index is 0.0831. The lowest BCUT2D eigenvalue weighted by atomic mass is 10.1. The number of hydrazine groups is 1. The standard InChI is InChI=1S/C9H14N6S/c1-3-15-5-7(4-11-15)8(12-10)9-6(2)13-14-16-9/h4-5,8,12H,3,10H2,1-2H3. The maximum Gasteiger partial charge on any atom is 0.0867 e. The molecule has 6 nitrogen and oxygen atoms in total. The minimum atomic E-state index is -0.0831. The van der Waals surface area contributed by atoms with Crippen LogP contribution in [0.15, 0.2) is 12.4 Å².